The summed E-state index contributed by atoms with van der Waals surface area (Å²) in [6.45, 7) is 2.99. The fraction of sp³-hybridized carbons (Fsp3) is 0.318. The number of hydrogen-bond acceptors (Lipinski definition) is 7. The number of hydrogen-bond donors (Lipinski definition) is 0. The second-order valence-electron chi connectivity index (χ2n) is 6.42. The van der Waals surface area contributed by atoms with E-state index in [-0.39, 0.29) is 0 Å². The zero-order valence-corrected chi connectivity index (χ0v) is 18.7. The standard InChI is InChI=1S/C22H24N2O6S/c1-5-30-21(26)14-6-8-17-19(12-14)31-22(24(17)10-11-27-2)23-20(25)16-13-15(28-3)7-9-18(16)29-4/h6-9,12-13H,5,10-11H2,1-4H3. The van der Waals surface area contributed by atoms with Gasteiger partial charge in [-0.25, -0.2) is 4.79 Å². The first-order valence-corrected chi connectivity index (χ1v) is 10.4. The second-order valence-corrected chi connectivity index (χ2v) is 7.42. The number of carbonyl (C=O) groups excluding carboxylic acids is 2. The summed E-state index contributed by atoms with van der Waals surface area (Å²) in [6, 6.07) is 10.2. The number of nitrogens with zero attached hydrogens (tertiary/aromatic N) is 2. The summed E-state index contributed by atoms with van der Waals surface area (Å²) in [5, 5.41) is 0. The molecule has 0 bridgehead atoms. The number of amides is 1. The molecule has 0 spiro atoms. The molecule has 0 saturated heterocycles. The molecule has 9 heteroatoms. The highest BCUT2D eigenvalue weighted by molar-refractivity contribution is 7.16. The summed E-state index contributed by atoms with van der Waals surface area (Å²) in [7, 11) is 4.63. The summed E-state index contributed by atoms with van der Waals surface area (Å²) < 4.78 is 23.5. The molecule has 31 heavy (non-hydrogen) atoms. The van der Waals surface area contributed by atoms with Gasteiger partial charge < -0.3 is 23.5 Å². The van der Waals surface area contributed by atoms with E-state index in [9.17, 15) is 9.59 Å². The molecule has 3 rings (SSSR count). The maximum Gasteiger partial charge on any atom is 0.338 e. The van der Waals surface area contributed by atoms with Crippen LogP contribution in [0.15, 0.2) is 41.4 Å². The van der Waals surface area contributed by atoms with Crippen molar-refractivity contribution in [3.63, 3.8) is 0 Å². The van der Waals surface area contributed by atoms with Gasteiger partial charge in [0.1, 0.15) is 11.5 Å². The Kier molecular flexibility index (Phi) is 7.43. The molecule has 2 aromatic carbocycles. The van der Waals surface area contributed by atoms with Crippen LogP contribution in [0.3, 0.4) is 0 Å². The summed E-state index contributed by atoms with van der Waals surface area (Å²) in [6.07, 6.45) is 0. The van der Waals surface area contributed by atoms with Gasteiger partial charge in [0.2, 0.25) is 0 Å². The number of esters is 1. The van der Waals surface area contributed by atoms with E-state index in [4.69, 9.17) is 18.9 Å². The zero-order valence-electron chi connectivity index (χ0n) is 17.8. The number of benzene rings is 2. The predicted molar refractivity (Wildman–Crippen MR) is 117 cm³/mol. The SMILES string of the molecule is CCOC(=O)c1ccc2c(c1)sc(=NC(=O)c1cc(OC)ccc1OC)n2CCOC. The van der Waals surface area contributed by atoms with E-state index in [2.05, 4.69) is 4.99 Å². The molecule has 0 aliphatic carbocycles. The van der Waals surface area contributed by atoms with Crippen LogP contribution in [-0.2, 0) is 16.0 Å². The lowest BCUT2D eigenvalue weighted by Crippen LogP contribution is -2.19. The third-order valence-electron chi connectivity index (χ3n) is 4.55. The van der Waals surface area contributed by atoms with Gasteiger partial charge in [-0.2, -0.15) is 4.99 Å². The Labute approximate surface area is 183 Å². The normalized spacial score (nSPS) is 11.5. The van der Waals surface area contributed by atoms with Crippen LogP contribution in [-0.4, -0.2) is 51.0 Å². The molecule has 0 radical (unpaired) electrons. The van der Waals surface area contributed by atoms with Gasteiger partial charge in [0, 0.05) is 13.7 Å². The van der Waals surface area contributed by atoms with Crippen LogP contribution in [0.25, 0.3) is 10.2 Å². The van der Waals surface area contributed by atoms with Crippen molar-refractivity contribution in [3.05, 3.63) is 52.3 Å². The van der Waals surface area contributed by atoms with Crippen molar-refractivity contribution in [3.8, 4) is 11.5 Å². The van der Waals surface area contributed by atoms with E-state index < -0.39 is 11.9 Å². The quantitative estimate of drug-likeness (QED) is 0.496. The minimum Gasteiger partial charge on any atom is -0.497 e. The van der Waals surface area contributed by atoms with Crippen LogP contribution >= 0.6 is 11.3 Å². The minimum atomic E-state index is -0.459. The van der Waals surface area contributed by atoms with Crippen molar-refractivity contribution in [2.24, 2.45) is 4.99 Å². The van der Waals surface area contributed by atoms with Crippen LogP contribution in [0.1, 0.15) is 27.6 Å². The smallest absolute Gasteiger partial charge is 0.338 e. The van der Waals surface area contributed by atoms with Gasteiger partial charge in [-0.1, -0.05) is 11.3 Å². The van der Waals surface area contributed by atoms with Crippen molar-refractivity contribution in [2.45, 2.75) is 13.5 Å². The number of ether oxygens (including phenoxy) is 4. The van der Waals surface area contributed by atoms with Crippen LogP contribution in [0.5, 0.6) is 11.5 Å². The molecule has 0 unspecified atom stereocenters. The van der Waals surface area contributed by atoms with Crippen LogP contribution in [0.4, 0.5) is 0 Å². The maximum absolute atomic E-state index is 13.0. The molecule has 1 amide bonds. The molecule has 1 heterocycles. The van der Waals surface area contributed by atoms with Crippen molar-refractivity contribution in [2.75, 3.05) is 34.5 Å². The molecule has 0 aliphatic heterocycles. The van der Waals surface area contributed by atoms with Gasteiger partial charge in [-0.3, -0.25) is 4.79 Å². The van der Waals surface area contributed by atoms with E-state index in [1.165, 1.54) is 25.6 Å². The van der Waals surface area contributed by atoms with Crippen LogP contribution in [0.2, 0.25) is 0 Å². The van der Waals surface area contributed by atoms with Crippen LogP contribution < -0.4 is 14.3 Å². The minimum absolute atomic E-state index is 0.296. The van der Waals surface area contributed by atoms with Crippen molar-refractivity contribution in [1.29, 1.82) is 0 Å². The first kappa shape index (κ1) is 22.5. The summed E-state index contributed by atoms with van der Waals surface area (Å²) >= 11 is 1.31. The lowest BCUT2D eigenvalue weighted by Gasteiger charge is -2.08. The molecular weight excluding hydrogens is 420 g/mol. The monoisotopic (exact) mass is 444 g/mol. The Bertz CT molecular complexity index is 1160. The zero-order chi connectivity index (χ0) is 22.4. The van der Waals surface area contributed by atoms with Gasteiger partial charge in [0.15, 0.2) is 4.80 Å². The highest BCUT2D eigenvalue weighted by atomic mass is 32.1. The number of aromatic nitrogens is 1. The highest BCUT2D eigenvalue weighted by Gasteiger charge is 2.16. The molecule has 0 aliphatic rings. The van der Waals surface area contributed by atoms with Crippen molar-refractivity contribution < 1.29 is 28.5 Å². The molecule has 3 aromatic rings. The van der Waals surface area contributed by atoms with Crippen molar-refractivity contribution in [1.82, 2.24) is 4.57 Å². The molecular formula is C22H24N2O6S. The summed E-state index contributed by atoms with van der Waals surface area (Å²) in [5.74, 6) is 0.0849. The Morgan fingerprint density at radius 2 is 1.87 bits per heavy atom. The number of methoxy groups -OCH3 is 3. The average molecular weight is 445 g/mol. The first-order valence-electron chi connectivity index (χ1n) is 9.62. The van der Waals surface area contributed by atoms with Gasteiger partial charge in [-0.15, -0.1) is 0 Å². The molecule has 0 N–H and O–H groups in total. The first-order chi connectivity index (χ1) is 15.0. The van der Waals surface area contributed by atoms with Gasteiger partial charge in [0.05, 0.1) is 48.8 Å². The molecule has 0 atom stereocenters. The molecule has 0 saturated carbocycles. The largest absolute Gasteiger partial charge is 0.497 e. The Morgan fingerprint density at radius 1 is 1.06 bits per heavy atom. The third-order valence-corrected chi connectivity index (χ3v) is 5.59. The second kappa shape index (κ2) is 10.2. The van der Waals surface area contributed by atoms with E-state index in [0.29, 0.717) is 47.2 Å². The Hall–Kier alpha value is -3.17. The van der Waals surface area contributed by atoms with Gasteiger partial charge in [0.25, 0.3) is 5.91 Å². The molecule has 164 valence electrons. The van der Waals surface area contributed by atoms with E-state index in [1.54, 1.807) is 44.4 Å². The van der Waals surface area contributed by atoms with Gasteiger partial charge >= 0.3 is 5.97 Å². The Balaban J connectivity index is 2.12. The fourth-order valence-corrected chi connectivity index (χ4v) is 4.12. The maximum atomic E-state index is 13.0. The average Bonchev–Trinajstić information content (AvgIpc) is 3.13. The number of fused-ring (bicyclic) bond motifs is 1. The third kappa shape index (κ3) is 4.95. The number of carbonyl (C=O) groups is 2. The fourth-order valence-electron chi connectivity index (χ4n) is 3.03. The molecule has 1 aromatic heterocycles. The summed E-state index contributed by atoms with van der Waals surface area (Å²) in [5.41, 5.74) is 1.59. The predicted octanol–water partition coefficient (Wildman–Crippen LogP) is 3.28. The lowest BCUT2D eigenvalue weighted by atomic mass is 10.2. The van der Waals surface area contributed by atoms with E-state index in [1.807, 2.05) is 10.6 Å². The molecule has 8 nitrogen and oxygen atoms in total. The lowest BCUT2D eigenvalue weighted by molar-refractivity contribution is 0.0526. The highest BCUT2D eigenvalue weighted by Crippen LogP contribution is 2.25. The number of thiazole rings is 1. The summed E-state index contributed by atoms with van der Waals surface area (Å²) in [4.78, 5) is 29.9. The van der Waals surface area contributed by atoms with Crippen molar-refractivity contribution >= 4 is 33.4 Å². The van der Waals surface area contributed by atoms with Crippen LogP contribution in [0, 0.1) is 0 Å². The molecule has 0 fully saturated rings. The topological polar surface area (TPSA) is 88.4 Å². The van der Waals surface area contributed by atoms with E-state index in [0.717, 1.165) is 10.2 Å². The number of rotatable bonds is 8. The Morgan fingerprint density at radius 3 is 2.55 bits per heavy atom. The van der Waals surface area contributed by atoms with Gasteiger partial charge in [-0.05, 0) is 43.3 Å². The van der Waals surface area contributed by atoms with E-state index >= 15 is 0 Å².